The van der Waals surface area contributed by atoms with Crippen LogP contribution in [-0.2, 0) is 12.8 Å². The Morgan fingerprint density at radius 3 is 2.36 bits per heavy atom. The van der Waals surface area contributed by atoms with Gasteiger partial charge in [-0.25, -0.2) is 0 Å². The van der Waals surface area contributed by atoms with E-state index in [-0.39, 0.29) is 0 Å². The molecule has 0 bridgehead atoms. The SMILES string of the molecule is CCCCCCc1cc(N(CC)CCCC)ccc1CC#N. The highest BCUT2D eigenvalue weighted by atomic mass is 15.1. The Balaban J connectivity index is 2.84. The van der Waals surface area contributed by atoms with Gasteiger partial charge in [0, 0.05) is 18.8 Å². The minimum Gasteiger partial charge on any atom is -0.372 e. The summed E-state index contributed by atoms with van der Waals surface area (Å²) < 4.78 is 0. The van der Waals surface area contributed by atoms with Gasteiger partial charge in [0.15, 0.2) is 0 Å². The second-order valence-corrected chi connectivity index (χ2v) is 6.03. The Morgan fingerprint density at radius 2 is 1.73 bits per heavy atom. The second-order valence-electron chi connectivity index (χ2n) is 6.03. The molecule has 0 atom stereocenters. The van der Waals surface area contributed by atoms with Gasteiger partial charge >= 0.3 is 0 Å². The van der Waals surface area contributed by atoms with E-state index in [4.69, 9.17) is 5.26 Å². The first-order valence-corrected chi connectivity index (χ1v) is 9.00. The molecule has 2 heteroatoms. The van der Waals surface area contributed by atoms with E-state index in [1.54, 1.807) is 0 Å². The lowest BCUT2D eigenvalue weighted by molar-refractivity contribution is 0.664. The van der Waals surface area contributed by atoms with E-state index in [1.165, 1.54) is 55.3 Å². The molecule has 0 spiro atoms. The Kier molecular flexibility index (Phi) is 9.39. The van der Waals surface area contributed by atoms with E-state index in [9.17, 15) is 0 Å². The van der Waals surface area contributed by atoms with Crippen molar-refractivity contribution in [2.24, 2.45) is 0 Å². The maximum absolute atomic E-state index is 9.03. The number of anilines is 1. The summed E-state index contributed by atoms with van der Waals surface area (Å²) in [5.74, 6) is 0. The molecule has 0 aliphatic carbocycles. The number of nitrogens with zero attached hydrogens (tertiary/aromatic N) is 2. The van der Waals surface area contributed by atoms with Crippen molar-refractivity contribution >= 4 is 5.69 Å². The summed E-state index contributed by atoms with van der Waals surface area (Å²) in [6.45, 7) is 8.88. The fourth-order valence-electron chi connectivity index (χ4n) is 2.86. The van der Waals surface area contributed by atoms with E-state index in [0.717, 1.165) is 19.5 Å². The summed E-state index contributed by atoms with van der Waals surface area (Å²) in [4.78, 5) is 2.45. The van der Waals surface area contributed by atoms with E-state index in [0.29, 0.717) is 6.42 Å². The van der Waals surface area contributed by atoms with Crippen LogP contribution in [0.25, 0.3) is 0 Å². The summed E-state index contributed by atoms with van der Waals surface area (Å²) in [5, 5.41) is 9.03. The van der Waals surface area contributed by atoms with Crippen molar-refractivity contribution in [1.29, 1.82) is 5.26 Å². The third-order valence-electron chi connectivity index (χ3n) is 4.29. The molecule has 0 unspecified atom stereocenters. The molecule has 0 aromatic heterocycles. The first-order chi connectivity index (χ1) is 10.8. The highest BCUT2D eigenvalue weighted by Gasteiger charge is 2.08. The standard InChI is InChI=1S/C20H32N2/c1-4-7-9-10-11-19-17-20(13-12-18(19)14-15-21)22(6-3)16-8-5-2/h12-13,17H,4-11,14,16H2,1-3H3. The lowest BCUT2D eigenvalue weighted by atomic mass is 9.98. The zero-order valence-corrected chi connectivity index (χ0v) is 14.7. The summed E-state index contributed by atoms with van der Waals surface area (Å²) in [6.07, 6.45) is 9.21. The first-order valence-electron chi connectivity index (χ1n) is 9.00. The van der Waals surface area contributed by atoms with Crippen LogP contribution in [0.2, 0.25) is 0 Å². The van der Waals surface area contributed by atoms with Crippen LogP contribution < -0.4 is 4.90 Å². The number of nitriles is 1. The summed E-state index contributed by atoms with van der Waals surface area (Å²) >= 11 is 0. The van der Waals surface area contributed by atoms with E-state index >= 15 is 0 Å². The Morgan fingerprint density at radius 1 is 0.955 bits per heavy atom. The average molecular weight is 300 g/mol. The smallest absolute Gasteiger partial charge is 0.0669 e. The van der Waals surface area contributed by atoms with Gasteiger partial charge in [0.05, 0.1) is 12.5 Å². The molecule has 0 aliphatic rings. The van der Waals surface area contributed by atoms with Crippen molar-refractivity contribution in [1.82, 2.24) is 0 Å². The fraction of sp³-hybridized carbons (Fsp3) is 0.650. The zero-order valence-electron chi connectivity index (χ0n) is 14.7. The number of unbranched alkanes of at least 4 members (excludes halogenated alkanes) is 4. The molecule has 0 saturated carbocycles. The number of benzene rings is 1. The van der Waals surface area contributed by atoms with Gasteiger partial charge in [0.25, 0.3) is 0 Å². The largest absolute Gasteiger partial charge is 0.372 e. The van der Waals surface area contributed by atoms with Gasteiger partial charge in [-0.3, -0.25) is 0 Å². The van der Waals surface area contributed by atoms with E-state index in [2.05, 4.69) is 49.9 Å². The normalized spacial score (nSPS) is 10.5. The molecule has 0 aliphatic heterocycles. The van der Waals surface area contributed by atoms with Crippen molar-refractivity contribution in [3.63, 3.8) is 0 Å². The molecule has 22 heavy (non-hydrogen) atoms. The van der Waals surface area contributed by atoms with Crippen LogP contribution in [0, 0.1) is 11.3 Å². The highest BCUT2D eigenvalue weighted by molar-refractivity contribution is 5.51. The first kappa shape index (κ1) is 18.6. The number of hydrogen-bond donors (Lipinski definition) is 0. The maximum Gasteiger partial charge on any atom is 0.0669 e. The summed E-state index contributed by atoms with van der Waals surface area (Å²) in [5.41, 5.74) is 3.92. The molecule has 1 aromatic rings. The third kappa shape index (κ3) is 6.10. The Labute approximate surface area is 137 Å². The average Bonchev–Trinajstić information content (AvgIpc) is 2.54. The molecule has 122 valence electrons. The minimum absolute atomic E-state index is 0.532. The van der Waals surface area contributed by atoms with E-state index in [1.807, 2.05) is 0 Å². The summed E-state index contributed by atoms with van der Waals surface area (Å²) in [7, 11) is 0. The highest BCUT2D eigenvalue weighted by Crippen LogP contribution is 2.22. The maximum atomic E-state index is 9.03. The van der Waals surface area contributed by atoms with Gasteiger partial charge in [0.2, 0.25) is 0 Å². The molecule has 0 saturated heterocycles. The predicted octanol–water partition coefficient (Wildman–Crippen LogP) is 5.50. The van der Waals surface area contributed by atoms with Crippen molar-refractivity contribution < 1.29 is 0 Å². The molecule has 0 N–H and O–H groups in total. The lowest BCUT2D eigenvalue weighted by Gasteiger charge is -2.24. The van der Waals surface area contributed by atoms with Crippen molar-refractivity contribution in [3.8, 4) is 6.07 Å². The second kappa shape index (κ2) is 11.1. The molecular weight excluding hydrogens is 268 g/mol. The lowest BCUT2D eigenvalue weighted by Crippen LogP contribution is -2.24. The number of rotatable bonds is 11. The van der Waals surface area contributed by atoms with Crippen molar-refractivity contribution in [2.75, 3.05) is 18.0 Å². The molecule has 0 amide bonds. The van der Waals surface area contributed by atoms with Gasteiger partial charge in [-0.15, -0.1) is 0 Å². The topological polar surface area (TPSA) is 27.0 Å². The molecule has 0 heterocycles. The molecular formula is C20H32N2. The molecule has 0 fully saturated rings. The minimum atomic E-state index is 0.532. The van der Waals surface area contributed by atoms with Crippen molar-refractivity contribution in [2.45, 2.75) is 72.1 Å². The predicted molar refractivity (Wildman–Crippen MR) is 96.4 cm³/mol. The quantitative estimate of drug-likeness (QED) is 0.504. The summed E-state index contributed by atoms with van der Waals surface area (Å²) in [6, 6.07) is 9.01. The van der Waals surface area contributed by atoms with Gasteiger partial charge in [-0.2, -0.15) is 5.26 Å². The number of hydrogen-bond acceptors (Lipinski definition) is 2. The fourth-order valence-corrected chi connectivity index (χ4v) is 2.86. The molecule has 0 radical (unpaired) electrons. The third-order valence-corrected chi connectivity index (χ3v) is 4.29. The molecule has 2 nitrogen and oxygen atoms in total. The van der Waals surface area contributed by atoms with Gasteiger partial charge in [-0.05, 0) is 49.4 Å². The van der Waals surface area contributed by atoms with Gasteiger partial charge in [0.1, 0.15) is 0 Å². The van der Waals surface area contributed by atoms with E-state index < -0.39 is 0 Å². The van der Waals surface area contributed by atoms with Gasteiger partial charge < -0.3 is 4.90 Å². The monoisotopic (exact) mass is 300 g/mol. The zero-order chi connectivity index (χ0) is 16.2. The number of aryl methyl sites for hydroxylation is 1. The molecule has 1 aromatic carbocycles. The van der Waals surface area contributed by atoms with Crippen LogP contribution in [-0.4, -0.2) is 13.1 Å². The van der Waals surface area contributed by atoms with Crippen LogP contribution >= 0.6 is 0 Å². The Bertz CT molecular complexity index is 459. The molecule has 1 rings (SSSR count). The van der Waals surface area contributed by atoms with Crippen LogP contribution in [0.5, 0.6) is 0 Å². The van der Waals surface area contributed by atoms with Crippen LogP contribution in [0.4, 0.5) is 5.69 Å². The van der Waals surface area contributed by atoms with Gasteiger partial charge in [-0.1, -0.05) is 45.6 Å². The van der Waals surface area contributed by atoms with Crippen LogP contribution in [0.3, 0.4) is 0 Å². The van der Waals surface area contributed by atoms with Crippen LogP contribution in [0.1, 0.15) is 70.4 Å². The van der Waals surface area contributed by atoms with Crippen molar-refractivity contribution in [3.05, 3.63) is 29.3 Å². The van der Waals surface area contributed by atoms with Crippen LogP contribution in [0.15, 0.2) is 18.2 Å². The Hall–Kier alpha value is -1.49.